The van der Waals surface area contributed by atoms with Gasteiger partial charge in [-0.05, 0) is 33.0 Å². The summed E-state index contributed by atoms with van der Waals surface area (Å²) in [5, 5.41) is 0. The van der Waals surface area contributed by atoms with Crippen LogP contribution in [0, 0.1) is 0 Å². The highest BCUT2D eigenvalue weighted by molar-refractivity contribution is 4.55. The summed E-state index contributed by atoms with van der Waals surface area (Å²) < 4.78 is 0. The minimum atomic E-state index is 1.32. The quantitative estimate of drug-likeness (QED) is 0.115. The molecule has 0 saturated carbocycles. The van der Waals surface area contributed by atoms with Crippen LogP contribution in [0.3, 0.4) is 0 Å². The lowest BCUT2D eigenvalue weighted by molar-refractivity contribution is 0.314. The molecule has 0 aliphatic carbocycles. The van der Waals surface area contributed by atoms with Gasteiger partial charge in [0.1, 0.15) is 0 Å². The van der Waals surface area contributed by atoms with Crippen LogP contribution in [-0.4, -0.2) is 25.0 Å². The third-order valence-corrected chi connectivity index (χ3v) is 7.04. The largest absolute Gasteiger partial charge is 0.306 e. The predicted octanol–water partition coefficient (Wildman–Crippen LogP) is 10.7. The molecule has 0 bridgehead atoms. The third-order valence-electron chi connectivity index (χ3n) is 7.04. The van der Waals surface area contributed by atoms with Crippen LogP contribution in [0.2, 0.25) is 0 Å². The summed E-state index contributed by atoms with van der Waals surface area (Å²) in [6.45, 7) is 7.24. The molecule has 0 aromatic carbocycles. The van der Waals surface area contributed by atoms with E-state index in [4.69, 9.17) is 0 Å². The Labute approximate surface area is 199 Å². The first-order valence-corrected chi connectivity index (χ1v) is 15.0. The fraction of sp³-hybridized carbons (Fsp3) is 1.00. The zero-order chi connectivity index (χ0) is 22.7. The van der Waals surface area contributed by atoms with E-state index >= 15 is 0 Å². The topological polar surface area (TPSA) is 3.24 Å². The fourth-order valence-corrected chi connectivity index (χ4v) is 4.73. The van der Waals surface area contributed by atoms with E-state index in [2.05, 4.69) is 25.8 Å². The van der Waals surface area contributed by atoms with E-state index in [1.807, 2.05) is 0 Å². The lowest BCUT2D eigenvalue weighted by Gasteiger charge is -2.16. The van der Waals surface area contributed by atoms with Crippen LogP contribution < -0.4 is 0 Å². The zero-order valence-corrected chi connectivity index (χ0v) is 22.5. The summed E-state index contributed by atoms with van der Waals surface area (Å²) >= 11 is 0. The minimum Gasteiger partial charge on any atom is -0.306 e. The average Bonchev–Trinajstić information content (AvgIpc) is 2.77. The van der Waals surface area contributed by atoms with Crippen LogP contribution in [0.1, 0.15) is 174 Å². The smallest absolute Gasteiger partial charge is 0.00218 e. The molecular weight excluding hydrogens is 374 g/mol. The van der Waals surface area contributed by atoms with Crippen molar-refractivity contribution in [2.45, 2.75) is 174 Å². The van der Waals surface area contributed by atoms with Gasteiger partial charge < -0.3 is 4.90 Å². The van der Waals surface area contributed by atoms with Gasteiger partial charge in [-0.1, -0.05) is 162 Å². The van der Waals surface area contributed by atoms with Gasteiger partial charge in [0.15, 0.2) is 0 Å². The molecule has 188 valence electrons. The first kappa shape index (κ1) is 31.0. The van der Waals surface area contributed by atoms with Gasteiger partial charge in [0.25, 0.3) is 0 Å². The van der Waals surface area contributed by atoms with Gasteiger partial charge in [-0.15, -0.1) is 0 Å². The number of nitrogens with zero attached hydrogens (tertiary/aromatic N) is 1. The molecule has 0 aliphatic heterocycles. The van der Waals surface area contributed by atoms with Crippen LogP contribution >= 0.6 is 0 Å². The molecule has 0 fully saturated rings. The highest BCUT2D eigenvalue weighted by Crippen LogP contribution is 2.14. The van der Waals surface area contributed by atoms with Crippen molar-refractivity contribution in [1.82, 2.24) is 4.90 Å². The lowest BCUT2D eigenvalue weighted by atomic mass is 10.0. The molecule has 0 aromatic heterocycles. The van der Waals surface area contributed by atoms with Crippen molar-refractivity contribution < 1.29 is 0 Å². The van der Waals surface area contributed by atoms with E-state index in [9.17, 15) is 0 Å². The Morgan fingerprint density at radius 2 is 0.484 bits per heavy atom. The number of hydrogen-bond acceptors (Lipinski definition) is 1. The minimum absolute atomic E-state index is 1.32. The molecule has 0 amide bonds. The van der Waals surface area contributed by atoms with Crippen LogP contribution in [0.15, 0.2) is 0 Å². The molecule has 0 radical (unpaired) electrons. The van der Waals surface area contributed by atoms with Gasteiger partial charge >= 0.3 is 0 Å². The van der Waals surface area contributed by atoms with Crippen molar-refractivity contribution in [3.8, 4) is 0 Å². The summed E-state index contributed by atoms with van der Waals surface area (Å²) in [7, 11) is 2.33. The van der Waals surface area contributed by atoms with Crippen LogP contribution in [0.5, 0.6) is 0 Å². The van der Waals surface area contributed by atoms with Gasteiger partial charge in [-0.25, -0.2) is 0 Å². The summed E-state index contributed by atoms with van der Waals surface area (Å²) in [4.78, 5) is 2.58. The maximum absolute atomic E-state index is 2.58. The molecule has 0 saturated heterocycles. The Hall–Kier alpha value is -0.0400. The molecule has 1 nitrogen and oxygen atoms in total. The fourth-order valence-electron chi connectivity index (χ4n) is 4.73. The number of hydrogen-bond donors (Lipinski definition) is 0. The van der Waals surface area contributed by atoms with Crippen molar-refractivity contribution in [2.24, 2.45) is 0 Å². The summed E-state index contributed by atoms with van der Waals surface area (Å²) in [5.74, 6) is 0. The van der Waals surface area contributed by atoms with Gasteiger partial charge in [0, 0.05) is 0 Å². The molecule has 0 N–H and O–H groups in total. The second-order valence-corrected chi connectivity index (χ2v) is 10.4. The molecule has 0 atom stereocenters. The van der Waals surface area contributed by atoms with E-state index in [0.717, 1.165) is 0 Å². The summed E-state index contributed by atoms with van der Waals surface area (Å²) in [6, 6.07) is 0. The lowest BCUT2D eigenvalue weighted by Crippen LogP contribution is -2.20. The normalized spacial score (nSPS) is 11.6. The molecule has 31 heavy (non-hydrogen) atoms. The first-order chi connectivity index (χ1) is 15.3. The van der Waals surface area contributed by atoms with Crippen molar-refractivity contribution >= 4 is 0 Å². The van der Waals surface area contributed by atoms with Crippen molar-refractivity contribution in [1.29, 1.82) is 0 Å². The highest BCUT2D eigenvalue weighted by atomic mass is 15.1. The molecule has 1 heteroatoms. The summed E-state index contributed by atoms with van der Waals surface area (Å²) in [6.07, 6.45) is 36.4. The van der Waals surface area contributed by atoms with Gasteiger partial charge in [0.2, 0.25) is 0 Å². The third kappa shape index (κ3) is 27.9. The van der Waals surface area contributed by atoms with Crippen LogP contribution in [0.25, 0.3) is 0 Å². The van der Waals surface area contributed by atoms with E-state index in [1.54, 1.807) is 0 Å². The predicted molar refractivity (Wildman–Crippen MR) is 144 cm³/mol. The second kappa shape index (κ2) is 28.0. The molecule has 0 unspecified atom stereocenters. The maximum Gasteiger partial charge on any atom is -0.00218 e. The van der Waals surface area contributed by atoms with Crippen LogP contribution in [-0.2, 0) is 0 Å². The average molecular weight is 438 g/mol. The number of rotatable bonds is 27. The van der Waals surface area contributed by atoms with Gasteiger partial charge in [-0.3, -0.25) is 0 Å². The van der Waals surface area contributed by atoms with E-state index < -0.39 is 0 Å². The van der Waals surface area contributed by atoms with E-state index in [1.165, 1.54) is 174 Å². The molecule has 0 spiro atoms. The number of unbranched alkanes of at least 4 members (excludes halogenated alkanes) is 23. The van der Waals surface area contributed by atoms with E-state index in [0.29, 0.717) is 0 Å². The summed E-state index contributed by atoms with van der Waals surface area (Å²) in [5.41, 5.74) is 0. The van der Waals surface area contributed by atoms with Crippen molar-refractivity contribution in [3.05, 3.63) is 0 Å². The Morgan fingerprint density at radius 1 is 0.290 bits per heavy atom. The highest BCUT2D eigenvalue weighted by Gasteiger charge is 1.99. The standard InChI is InChI=1S/C30H63N/c1-4-6-8-10-12-14-16-18-20-22-24-26-28-30-31(3)29-27-25-23-21-19-17-15-13-11-9-7-5-2/h4-30H2,1-3H3. The SMILES string of the molecule is CCCCCCCCCCCCCCCN(C)CCCCCCCCCCCCCC. The van der Waals surface area contributed by atoms with Gasteiger partial charge in [0.05, 0.1) is 0 Å². The Balaban J connectivity index is 3.13. The van der Waals surface area contributed by atoms with E-state index in [-0.39, 0.29) is 0 Å². The Kier molecular flexibility index (Phi) is 28.0. The molecule has 0 rings (SSSR count). The van der Waals surface area contributed by atoms with Gasteiger partial charge in [-0.2, -0.15) is 0 Å². The van der Waals surface area contributed by atoms with Crippen molar-refractivity contribution in [3.63, 3.8) is 0 Å². The monoisotopic (exact) mass is 437 g/mol. The molecule has 0 heterocycles. The molecular formula is C30H63N. The molecule has 0 aromatic rings. The Morgan fingerprint density at radius 3 is 0.710 bits per heavy atom. The Bertz CT molecular complexity index is 301. The molecule has 0 aliphatic rings. The van der Waals surface area contributed by atoms with Crippen molar-refractivity contribution in [2.75, 3.05) is 20.1 Å². The maximum atomic E-state index is 2.58. The van der Waals surface area contributed by atoms with Crippen LogP contribution in [0.4, 0.5) is 0 Å². The zero-order valence-electron chi connectivity index (χ0n) is 22.5. The second-order valence-electron chi connectivity index (χ2n) is 10.4. The first-order valence-electron chi connectivity index (χ1n) is 15.0.